The summed E-state index contributed by atoms with van der Waals surface area (Å²) in [6.45, 7) is 0. The number of carbonyl (C=O) groups is 1. The van der Waals surface area contributed by atoms with Crippen LogP contribution in [-0.4, -0.2) is 18.9 Å². The molecular weight excluding hydrogens is 452 g/mol. The molecule has 0 bridgehead atoms. The van der Waals surface area contributed by atoms with Crippen LogP contribution in [0.3, 0.4) is 0 Å². The molecule has 3 fully saturated rings. The van der Waals surface area contributed by atoms with Crippen LogP contribution in [0.2, 0.25) is 0 Å². The summed E-state index contributed by atoms with van der Waals surface area (Å²) in [5.74, 6) is -11.7. The fourth-order valence-corrected chi connectivity index (χ4v) is 4.69. The van der Waals surface area contributed by atoms with Crippen molar-refractivity contribution in [1.29, 1.82) is 0 Å². The van der Waals surface area contributed by atoms with Crippen LogP contribution in [0.15, 0.2) is 17.0 Å². The van der Waals surface area contributed by atoms with Crippen LogP contribution in [-0.2, 0) is 10.1 Å². The van der Waals surface area contributed by atoms with Gasteiger partial charge in [-0.25, -0.2) is 22.0 Å². The lowest BCUT2D eigenvalue weighted by Crippen LogP contribution is -2.18. The molecule has 0 saturated heterocycles. The molecule has 3 aliphatic carbocycles. The normalized spacial score (nSPS) is 18.7. The Bertz CT molecular complexity index is 1200. The van der Waals surface area contributed by atoms with Crippen molar-refractivity contribution in [2.24, 2.45) is 0 Å². The molecule has 2 aromatic carbocycles. The van der Waals surface area contributed by atoms with E-state index in [0.717, 1.165) is 44.1 Å². The third-order valence-electron chi connectivity index (χ3n) is 6.14. The van der Waals surface area contributed by atoms with Gasteiger partial charge in [-0.05, 0) is 73.0 Å². The highest BCUT2D eigenvalue weighted by Gasteiger charge is 2.39. The fourth-order valence-electron chi connectivity index (χ4n) is 4.08. The molecule has 3 saturated carbocycles. The molecule has 32 heavy (non-hydrogen) atoms. The number of hydrogen-bond acceptors (Lipinski definition) is 5. The Labute approximate surface area is 181 Å². The Hall–Kier alpha value is -2.46. The van der Waals surface area contributed by atoms with Crippen LogP contribution in [0.25, 0.3) is 0 Å². The van der Waals surface area contributed by atoms with Crippen LogP contribution in [0.5, 0.6) is 5.75 Å². The molecule has 0 unspecified atom stereocenters. The van der Waals surface area contributed by atoms with Gasteiger partial charge in [0.2, 0.25) is 17.4 Å². The Balaban J connectivity index is 1.60. The van der Waals surface area contributed by atoms with Gasteiger partial charge in [0.15, 0.2) is 11.6 Å². The molecule has 5 rings (SSSR count). The number of esters is 1. The quantitative estimate of drug-likeness (QED) is 0.196. The molecule has 170 valence electrons. The zero-order chi connectivity index (χ0) is 22.9. The Morgan fingerprint density at radius 3 is 1.62 bits per heavy atom. The predicted octanol–water partition coefficient (Wildman–Crippen LogP) is 5.00. The number of benzene rings is 2. The largest absolute Gasteiger partial charge is 0.744 e. The summed E-state index contributed by atoms with van der Waals surface area (Å²) in [7, 11) is -5.85. The lowest BCUT2D eigenvalue weighted by molar-refractivity contribution is 0.0714. The van der Waals surface area contributed by atoms with Crippen molar-refractivity contribution in [2.45, 2.75) is 61.2 Å². The number of carbonyl (C=O) groups excluding carboxylic acids is 1. The standard InChI is InChI=1S/C22H18F4O5S/c23-16-18(25)21(32(28,29)30)19(26)17(24)20(16)31-22(27)15-13(10-3-4-10)7-12(9-1-2-9)8-14(15)11-5-6-11/h7-11H,1-6H2,(H,28,29,30)/p-1. The average molecular weight is 469 g/mol. The van der Waals surface area contributed by atoms with Gasteiger partial charge in [0.05, 0.1) is 5.56 Å². The molecule has 0 aromatic heterocycles. The topological polar surface area (TPSA) is 83.5 Å². The lowest BCUT2D eigenvalue weighted by atomic mass is 9.91. The van der Waals surface area contributed by atoms with Gasteiger partial charge in [-0.2, -0.15) is 8.78 Å². The van der Waals surface area contributed by atoms with E-state index in [0.29, 0.717) is 17.0 Å². The summed E-state index contributed by atoms with van der Waals surface area (Å²) in [6.07, 6.45) is 5.42. The van der Waals surface area contributed by atoms with Gasteiger partial charge < -0.3 is 9.29 Å². The zero-order valence-electron chi connectivity index (χ0n) is 16.6. The first-order valence-corrected chi connectivity index (χ1v) is 11.7. The van der Waals surface area contributed by atoms with E-state index in [1.165, 1.54) is 0 Å². The molecule has 3 aliphatic rings. The van der Waals surface area contributed by atoms with E-state index in [-0.39, 0.29) is 17.4 Å². The highest BCUT2D eigenvalue weighted by atomic mass is 32.2. The number of hydrogen-bond donors (Lipinski definition) is 0. The average Bonchev–Trinajstić information content (AvgIpc) is 3.55. The molecule has 0 atom stereocenters. The second kappa shape index (κ2) is 7.28. The van der Waals surface area contributed by atoms with Gasteiger partial charge >= 0.3 is 5.97 Å². The van der Waals surface area contributed by atoms with Gasteiger partial charge in [0.1, 0.15) is 15.0 Å². The Morgan fingerprint density at radius 1 is 0.812 bits per heavy atom. The number of rotatable bonds is 6. The first-order chi connectivity index (χ1) is 15.1. The number of ether oxygens (including phenoxy) is 1. The first kappa shape index (κ1) is 21.4. The van der Waals surface area contributed by atoms with Crippen LogP contribution < -0.4 is 4.74 Å². The van der Waals surface area contributed by atoms with Crippen LogP contribution in [0, 0.1) is 23.3 Å². The van der Waals surface area contributed by atoms with Crippen LogP contribution in [0.4, 0.5) is 17.6 Å². The van der Waals surface area contributed by atoms with Gasteiger partial charge in [0.25, 0.3) is 0 Å². The zero-order valence-corrected chi connectivity index (χ0v) is 17.4. The van der Waals surface area contributed by atoms with Crippen LogP contribution >= 0.6 is 0 Å². The smallest absolute Gasteiger partial charge is 0.344 e. The molecule has 0 heterocycles. The SMILES string of the molecule is O=C(Oc1c(F)c(F)c(S(=O)(=O)[O-])c(F)c1F)c1c(C2CC2)cc(C2CC2)cc1C1CC1. The Kier molecular flexibility index (Phi) is 4.86. The van der Waals surface area contributed by atoms with Crippen molar-refractivity contribution in [3.8, 4) is 5.75 Å². The highest BCUT2D eigenvalue weighted by molar-refractivity contribution is 7.85. The van der Waals surface area contributed by atoms with Crippen molar-refractivity contribution >= 4 is 16.1 Å². The lowest BCUT2D eigenvalue weighted by Gasteiger charge is -2.18. The summed E-state index contributed by atoms with van der Waals surface area (Å²) in [5, 5.41) is 0. The van der Waals surface area contributed by atoms with E-state index < -0.39 is 50.0 Å². The van der Waals surface area contributed by atoms with Crippen LogP contribution in [0.1, 0.15) is 83.3 Å². The maximum atomic E-state index is 14.4. The summed E-state index contributed by atoms with van der Waals surface area (Å²) in [6, 6.07) is 3.80. The molecule has 0 N–H and O–H groups in total. The van der Waals surface area contributed by atoms with Crippen molar-refractivity contribution in [3.05, 3.63) is 57.7 Å². The number of halogens is 4. The second-order valence-electron chi connectivity index (χ2n) is 8.66. The van der Waals surface area contributed by atoms with Crippen molar-refractivity contribution in [1.82, 2.24) is 0 Å². The Morgan fingerprint density at radius 2 is 1.25 bits per heavy atom. The summed E-state index contributed by atoms with van der Waals surface area (Å²) in [5.41, 5.74) is 2.63. The third kappa shape index (κ3) is 3.69. The van der Waals surface area contributed by atoms with E-state index in [2.05, 4.69) is 0 Å². The van der Waals surface area contributed by atoms with E-state index in [1.54, 1.807) is 0 Å². The summed E-state index contributed by atoms with van der Waals surface area (Å²) >= 11 is 0. The summed E-state index contributed by atoms with van der Waals surface area (Å²) in [4.78, 5) is 10.8. The van der Waals surface area contributed by atoms with E-state index >= 15 is 0 Å². The van der Waals surface area contributed by atoms with Gasteiger partial charge in [-0.1, -0.05) is 12.1 Å². The molecule has 0 radical (unpaired) electrons. The maximum Gasteiger partial charge on any atom is 0.344 e. The fraction of sp³-hybridized carbons (Fsp3) is 0.409. The minimum atomic E-state index is -5.85. The molecule has 0 amide bonds. The second-order valence-corrected chi connectivity index (χ2v) is 9.97. The van der Waals surface area contributed by atoms with Gasteiger partial charge in [-0.15, -0.1) is 0 Å². The van der Waals surface area contributed by atoms with Crippen molar-refractivity contribution in [3.63, 3.8) is 0 Å². The van der Waals surface area contributed by atoms with E-state index in [4.69, 9.17) is 4.74 Å². The van der Waals surface area contributed by atoms with E-state index in [1.807, 2.05) is 12.1 Å². The van der Waals surface area contributed by atoms with Gasteiger partial charge in [-0.3, -0.25) is 0 Å². The monoisotopic (exact) mass is 469 g/mol. The van der Waals surface area contributed by atoms with Crippen molar-refractivity contribution in [2.75, 3.05) is 0 Å². The molecule has 0 spiro atoms. The maximum absolute atomic E-state index is 14.4. The van der Waals surface area contributed by atoms with Gasteiger partial charge in [0, 0.05) is 0 Å². The van der Waals surface area contributed by atoms with E-state index in [9.17, 15) is 35.3 Å². The third-order valence-corrected chi connectivity index (χ3v) is 6.99. The summed E-state index contributed by atoms with van der Waals surface area (Å²) < 4.78 is 94.7. The first-order valence-electron chi connectivity index (χ1n) is 10.3. The van der Waals surface area contributed by atoms with Crippen molar-refractivity contribution < 1.29 is 40.1 Å². The molecular formula is C22H17F4O5S-. The minimum absolute atomic E-state index is 0.0879. The predicted molar refractivity (Wildman–Crippen MR) is 102 cm³/mol. The molecule has 10 heteroatoms. The molecule has 5 nitrogen and oxygen atoms in total. The minimum Gasteiger partial charge on any atom is -0.744 e. The highest BCUT2D eigenvalue weighted by Crippen LogP contribution is 2.51. The molecule has 0 aliphatic heterocycles. The molecule has 2 aromatic rings.